The molecule has 0 saturated heterocycles. The van der Waals surface area contributed by atoms with E-state index in [1.165, 1.54) is 13.0 Å². The molecule has 6 heteroatoms. The van der Waals surface area contributed by atoms with Crippen LogP contribution in [0.3, 0.4) is 0 Å². The molecule has 98 valence electrons. The van der Waals surface area contributed by atoms with Crippen molar-refractivity contribution >= 4 is 22.1 Å². The lowest BCUT2D eigenvalue weighted by atomic mass is 10.2. The normalized spacial score (nSPS) is 13.6. The van der Waals surface area contributed by atoms with E-state index in [1.807, 2.05) is 6.07 Å². The molecule has 18 heavy (non-hydrogen) atoms. The highest BCUT2D eigenvalue weighted by Crippen LogP contribution is 2.03. The Morgan fingerprint density at radius 2 is 2.00 bits per heavy atom. The number of carboxylic acids is 1. The molecule has 1 aromatic carbocycles. The van der Waals surface area contributed by atoms with E-state index in [0.29, 0.717) is 0 Å². The maximum Gasteiger partial charge on any atom is 0.307 e. The first kappa shape index (κ1) is 14.4. The Kier molecular flexibility index (Phi) is 5.06. The van der Waals surface area contributed by atoms with Crippen LogP contribution in [0.2, 0.25) is 0 Å². The lowest BCUT2D eigenvalue weighted by Crippen LogP contribution is -2.30. The summed E-state index contributed by atoms with van der Waals surface area (Å²) in [4.78, 5) is 10.5. The number of aliphatic carboxylic acids is 1. The molecular weight excluding hydrogens is 254 g/mol. The van der Waals surface area contributed by atoms with Crippen LogP contribution in [-0.2, 0) is 14.8 Å². The zero-order valence-electron chi connectivity index (χ0n) is 9.91. The third-order valence-electron chi connectivity index (χ3n) is 2.25. The first-order valence-electron chi connectivity index (χ1n) is 5.36. The summed E-state index contributed by atoms with van der Waals surface area (Å²) in [5.74, 6) is -1.80. The Hall–Kier alpha value is -1.66. The largest absolute Gasteiger partial charge is 0.481 e. The van der Waals surface area contributed by atoms with Gasteiger partial charge in [-0.1, -0.05) is 37.3 Å². The van der Waals surface area contributed by atoms with E-state index >= 15 is 0 Å². The van der Waals surface area contributed by atoms with Gasteiger partial charge in [0.2, 0.25) is 10.0 Å². The SMILES string of the molecule is CC(CNS(=O)(=O)C=Cc1ccccc1)C(=O)O. The van der Waals surface area contributed by atoms with Crippen molar-refractivity contribution in [3.63, 3.8) is 0 Å². The van der Waals surface area contributed by atoms with E-state index in [9.17, 15) is 13.2 Å². The van der Waals surface area contributed by atoms with Gasteiger partial charge in [-0.25, -0.2) is 13.1 Å². The average molecular weight is 269 g/mol. The van der Waals surface area contributed by atoms with Crippen LogP contribution in [0.4, 0.5) is 0 Å². The molecule has 0 amide bonds. The molecule has 0 radical (unpaired) electrons. The number of rotatable bonds is 6. The van der Waals surface area contributed by atoms with Crippen LogP contribution in [0.15, 0.2) is 35.7 Å². The van der Waals surface area contributed by atoms with Crippen molar-refractivity contribution in [3.05, 3.63) is 41.3 Å². The summed E-state index contributed by atoms with van der Waals surface area (Å²) in [6.07, 6.45) is 1.45. The van der Waals surface area contributed by atoms with Crippen molar-refractivity contribution < 1.29 is 18.3 Å². The summed E-state index contributed by atoms with van der Waals surface area (Å²) in [6.45, 7) is 1.31. The zero-order valence-corrected chi connectivity index (χ0v) is 10.7. The van der Waals surface area contributed by atoms with Gasteiger partial charge in [-0.3, -0.25) is 4.79 Å². The molecular formula is C12H15NO4S. The van der Waals surface area contributed by atoms with Crippen LogP contribution in [0.5, 0.6) is 0 Å². The Balaban J connectivity index is 2.60. The number of hydrogen-bond donors (Lipinski definition) is 2. The maximum absolute atomic E-state index is 11.5. The van der Waals surface area contributed by atoms with Gasteiger partial charge in [0.15, 0.2) is 0 Å². The summed E-state index contributed by atoms with van der Waals surface area (Å²) >= 11 is 0. The third-order valence-corrected chi connectivity index (χ3v) is 3.31. The van der Waals surface area contributed by atoms with Crippen LogP contribution in [-0.4, -0.2) is 26.0 Å². The fourth-order valence-corrected chi connectivity index (χ4v) is 2.02. The molecule has 0 aliphatic heterocycles. The summed E-state index contributed by atoms with van der Waals surface area (Å²) in [7, 11) is -3.60. The van der Waals surface area contributed by atoms with Crippen LogP contribution >= 0.6 is 0 Å². The van der Waals surface area contributed by atoms with Crippen LogP contribution in [0.1, 0.15) is 12.5 Å². The molecule has 0 spiro atoms. The minimum Gasteiger partial charge on any atom is -0.481 e. The predicted octanol–water partition coefficient (Wildman–Crippen LogP) is 1.30. The molecule has 1 rings (SSSR count). The second-order valence-corrected chi connectivity index (χ2v) is 5.50. The number of benzene rings is 1. The van der Waals surface area contributed by atoms with Crippen molar-refractivity contribution in [2.45, 2.75) is 6.92 Å². The maximum atomic E-state index is 11.5. The van der Waals surface area contributed by atoms with Gasteiger partial charge in [-0.2, -0.15) is 0 Å². The number of hydrogen-bond acceptors (Lipinski definition) is 3. The highest BCUT2D eigenvalue weighted by Gasteiger charge is 2.13. The van der Waals surface area contributed by atoms with E-state index in [2.05, 4.69) is 4.72 Å². The molecule has 0 aliphatic rings. The Morgan fingerprint density at radius 3 is 2.56 bits per heavy atom. The van der Waals surface area contributed by atoms with E-state index in [1.54, 1.807) is 24.3 Å². The molecule has 1 atom stereocenters. The number of sulfonamides is 1. The molecule has 1 unspecified atom stereocenters. The zero-order chi connectivity index (χ0) is 13.6. The monoisotopic (exact) mass is 269 g/mol. The van der Waals surface area contributed by atoms with E-state index in [4.69, 9.17) is 5.11 Å². The molecule has 0 aromatic heterocycles. The summed E-state index contributed by atoms with van der Waals surface area (Å²) in [5, 5.41) is 9.66. The standard InChI is InChI=1S/C12H15NO4S/c1-10(12(14)15)9-13-18(16,17)8-7-11-5-3-2-4-6-11/h2-8,10,13H,9H2,1H3,(H,14,15). The van der Waals surface area contributed by atoms with Crippen molar-refractivity contribution in [1.29, 1.82) is 0 Å². The highest BCUT2D eigenvalue weighted by atomic mass is 32.2. The van der Waals surface area contributed by atoms with E-state index in [-0.39, 0.29) is 6.54 Å². The third kappa shape index (κ3) is 5.11. The molecule has 0 fully saturated rings. The van der Waals surface area contributed by atoms with Crippen LogP contribution < -0.4 is 4.72 Å². The van der Waals surface area contributed by atoms with E-state index in [0.717, 1.165) is 11.0 Å². The molecule has 0 saturated carbocycles. The quantitative estimate of drug-likeness (QED) is 0.815. The minimum atomic E-state index is -3.60. The first-order chi connectivity index (χ1) is 8.41. The van der Waals surface area contributed by atoms with Gasteiger partial charge in [-0.15, -0.1) is 0 Å². The van der Waals surface area contributed by atoms with Crippen LogP contribution in [0, 0.1) is 5.92 Å². The topological polar surface area (TPSA) is 83.5 Å². The molecule has 0 aliphatic carbocycles. The van der Waals surface area contributed by atoms with Gasteiger partial charge in [0.1, 0.15) is 0 Å². The molecule has 5 nitrogen and oxygen atoms in total. The fraction of sp³-hybridized carbons (Fsp3) is 0.250. The Morgan fingerprint density at radius 1 is 1.39 bits per heavy atom. The summed E-state index contributed by atoms with van der Waals surface area (Å²) < 4.78 is 25.3. The smallest absolute Gasteiger partial charge is 0.307 e. The molecule has 2 N–H and O–H groups in total. The van der Waals surface area contributed by atoms with Gasteiger partial charge in [0.05, 0.1) is 5.92 Å². The summed E-state index contributed by atoms with van der Waals surface area (Å²) in [6, 6.07) is 8.97. The molecule has 0 heterocycles. The van der Waals surface area contributed by atoms with Gasteiger partial charge in [0.25, 0.3) is 0 Å². The predicted molar refractivity (Wildman–Crippen MR) is 69.2 cm³/mol. The highest BCUT2D eigenvalue weighted by molar-refractivity contribution is 7.92. The number of nitrogens with one attached hydrogen (secondary N) is 1. The Bertz CT molecular complexity index is 522. The number of carboxylic acid groups (broad SMARTS) is 1. The molecule has 0 bridgehead atoms. The van der Waals surface area contributed by atoms with Gasteiger partial charge in [0, 0.05) is 12.0 Å². The van der Waals surface area contributed by atoms with Gasteiger partial charge in [-0.05, 0) is 11.6 Å². The van der Waals surface area contributed by atoms with Crippen molar-refractivity contribution in [3.8, 4) is 0 Å². The molecule has 1 aromatic rings. The van der Waals surface area contributed by atoms with Crippen molar-refractivity contribution in [2.75, 3.05) is 6.54 Å². The van der Waals surface area contributed by atoms with E-state index < -0.39 is 21.9 Å². The minimum absolute atomic E-state index is 0.128. The Labute approximate surface area is 106 Å². The van der Waals surface area contributed by atoms with Crippen molar-refractivity contribution in [2.24, 2.45) is 5.92 Å². The van der Waals surface area contributed by atoms with Gasteiger partial charge >= 0.3 is 5.97 Å². The van der Waals surface area contributed by atoms with Crippen LogP contribution in [0.25, 0.3) is 6.08 Å². The average Bonchev–Trinajstić information content (AvgIpc) is 2.35. The second kappa shape index (κ2) is 6.32. The van der Waals surface area contributed by atoms with Crippen molar-refractivity contribution in [1.82, 2.24) is 4.72 Å². The van der Waals surface area contributed by atoms with Gasteiger partial charge < -0.3 is 5.11 Å². The first-order valence-corrected chi connectivity index (χ1v) is 6.91. The number of carbonyl (C=O) groups is 1. The fourth-order valence-electron chi connectivity index (χ4n) is 1.11. The lowest BCUT2D eigenvalue weighted by molar-refractivity contribution is -0.140. The second-order valence-electron chi connectivity index (χ2n) is 3.85. The summed E-state index contributed by atoms with van der Waals surface area (Å²) in [5.41, 5.74) is 0.758. The lowest BCUT2D eigenvalue weighted by Gasteiger charge is -2.06.